The van der Waals surface area contributed by atoms with Gasteiger partial charge in [0.25, 0.3) is 0 Å². The first-order valence-electron chi connectivity index (χ1n) is 4.60. The number of hydrogen-bond acceptors (Lipinski definition) is 2. The van der Waals surface area contributed by atoms with E-state index in [0.29, 0.717) is 11.6 Å². The predicted octanol–water partition coefficient (Wildman–Crippen LogP) is 3.10. The molecule has 0 saturated carbocycles. The van der Waals surface area contributed by atoms with Gasteiger partial charge in [-0.15, -0.1) is 0 Å². The zero-order valence-corrected chi connectivity index (χ0v) is 8.70. The minimum Gasteiger partial charge on any atom is -0.246 e. The monoisotopic (exact) mass is 176 g/mol. The fourth-order valence-electron chi connectivity index (χ4n) is 0.867. The Balaban J connectivity index is 0.000000671. The van der Waals surface area contributed by atoms with Crippen molar-refractivity contribution < 1.29 is 0 Å². The van der Waals surface area contributed by atoms with Crippen LogP contribution in [0.15, 0.2) is 18.3 Å². The molecule has 0 fully saturated rings. The van der Waals surface area contributed by atoms with Gasteiger partial charge in [-0.3, -0.25) is 0 Å². The zero-order valence-electron chi connectivity index (χ0n) is 8.70. The van der Waals surface area contributed by atoms with Crippen LogP contribution < -0.4 is 0 Å². The second kappa shape index (κ2) is 6.19. The standard InChI is InChI=1S/C9H10N2.C2H6/c1-7(2)8-3-4-11-9(5-8)6-10;1-2/h3-5,7H,1-2H3;1-2H3. The van der Waals surface area contributed by atoms with Crippen molar-refractivity contribution in [2.75, 3.05) is 0 Å². The highest BCUT2D eigenvalue weighted by molar-refractivity contribution is 5.27. The maximum atomic E-state index is 8.53. The molecule has 2 nitrogen and oxygen atoms in total. The summed E-state index contributed by atoms with van der Waals surface area (Å²) in [6.45, 7) is 8.19. The largest absolute Gasteiger partial charge is 0.246 e. The van der Waals surface area contributed by atoms with Crippen LogP contribution in [0, 0.1) is 11.3 Å². The number of nitriles is 1. The highest BCUT2D eigenvalue weighted by Gasteiger charge is 1.99. The van der Waals surface area contributed by atoms with Gasteiger partial charge in [0.05, 0.1) is 0 Å². The van der Waals surface area contributed by atoms with Gasteiger partial charge in [-0.05, 0) is 23.6 Å². The second-order valence-electron chi connectivity index (χ2n) is 2.74. The molecule has 0 aliphatic rings. The smallest absolute Gasteiger partial charge is 0.140 e. The van der Waals surface area contributed by atoms with Gasteiger partial charge in [-0.2, -0.15) is 5.26 Å². The third-order valence-corrected chi connectivity index (χ3v) is 1.57. The van der Waals surface area contributed by atoms with E-state index in [-0.39, 0.29) is 0 Å². The van der Waals surface area contributed by atoms with Gasteiger partial charge in [0.1, 0.15) is 11.8 Å². The summed E-state index contributed by atoms with van der Waals surface area (Å²) < 4.78 is 0. The van der Waals surface area contributed by atoms with Crippen LogP contribution >= 0.6 is 0 Å². The molecule has 1 aromatic heterocycles. The maximum Gasteiger partial charge on any atom is 0.140 e. The lowest BCUT2D eigenvalue weighted by Crippen LogP contribution is -1.89. The Morgan fingerprint density at radius 1 is 1.38 bits per heavy atom. The molecule has 0 saturated heterocycles. The summed E-state index contributed by atoms with van der Waals surface area (Å²) in [6.07, 6.45) is 1.67. The van der Waals surface area contributed by atoms with Gasteiger partial charge < -0.3 is 0 Å². The van der Waals surface area contributed by atoms with Crippen LogP contribution in [0.1, 0.15) is 44.9 Å². The molecule has 13 heavy (non-hydrogen) atoms. The molecule has 0 N–H and O–H groups in total. The fraction of sp³-hybridized carbons (Fsp3) is 0.455. The Bertz CT molecular complexity index is 284. The number of nitrogens with zero attached hydrogens (tertiary/aromatic N) is 2. The molecule has 0 aliphatic carbocycles. The van der Waals surface area contributed by atoms with Gasteiger partial charge in [0.15, 0.2) is 0 Å². The van der Waals surface area contributed by atoms with Gasteiger partial charge in [0.2, 0.25) is 0 Å². The number of hydrogen-bond donors (Lipinski definition) is 0. The molecule has 0 aromatic carbocycles. The third kappa shape index (κ3) is 3.71. The molecule has 1 heterocycles. The Kier molecular flexibility index (Phi) is 5.54. The molecular weight excluding hydrogens is 160 g/mol. The van der Waals surface area contributed by atoms with Crippen molar-refractivity contribution in [1.29, 1.82) is 5.26 Å². The normalized spacial score (nSPS) is 8.62. The molecular formula is C11H16N2. The van der Waals surface area contributed by atoms with E-state index in [1.165, 1.54) is 0 Å². The number of rotatable bonds is 1. The highest BCUT2D eigenvalue weighted by atomic mass is 14.7. The van der Waals surface area contributed by atoms with Crippen molar-refractivity contribution in [2.45, 2.75) is 33.6 Å². The number of pyridine rings is 1. The van der Waals surface area contributed by atoms with Crippen molar-refractivity contribution in [3.63, 3.8) is 0 Å². The van der Waals surface area contributed by atoms with Crippen LogP contribution in [0.3, 0.4) is 0 Å². The Labute approximate surface area is 80.2 Å². The lowest BCUT2D eigenvalue weighted by atomic mass is 10.0. The molecule has 1 aromatic rings. The van der Waals surface area contributed by atoms with Crippen LogP contribution in [0.2, 0.25) is 0 Å². The SMILES string of the molecule is CC.CC(C)c1ccnc(C#N)c1. The summed E-state index contributed by atoms with van der Waals surface area (Å²) in [4.78, 5) is 3.88. The van der Waals surface area contributed by atoms with E-state index in [0.717, 1.165) is 5.56 Å². The summed E-state index contributed by atoms with van der Waals surface area (Å²) in [7, 11) is 0. The molecule has 0 spiro atoms. The Hall–Kier alpha value is -1.36. The summed E-state index contributed by atoms with van der Waals surface area (Å²) in [5.74, 6) is 0.463. The molecule has 2 heteroatoms. The summed E-state index contributed by atoms with van der Waals surface area (Å²) in [5, 5.41) is 8.53. The highest BCUT2D eigenvalue weighted by Crippen LogP contribution is 2.13. The fourth-order valence-corrected chi connectivity index (χ4v) is 0.867. The summed E-state index contributed by atoms with van der Waals surface area (Å²) in [5.41, 5.74) is 1.66. The second-order valence-corrected chi connectivity index (χ2v) is 2.74. The van der Waals surface area contributed by atoms with Crippen molar-refractivity contribution in [3.8, 4) is 6.07 Å². The molecule has 0 atom stereocenters. The molecule has 70 valence electrons. The summed E-state index contributed by atoms with van der Waals surface area (Å²) >= 11 is 0. The van der Waals surface area contributed by atoms with Gasteiger partial charge in [0, 0.05) is 6.20 Å². The van der Waals surface area contributed by atoms with E-state index >= 15 is 0 Å². The molecule has 0 radical (unpaired) electrons. The average Bonchev–Trinajstić information content (AvgIpc) is 2.21. The van der Waals surface area contributed by atoms with Crippen molar-refractivity contribution in [3.05, 3.63) is 29.6 Å². The van der Waals surface area contributed by atoms with Gasteiger partial charge in [-0.1, -0.05) is 27.7 Å². The lowest BCUT2D eigenvalue weighted by molar-refractivity contribution is 0.861. The van der Waals surface area contributed by atoms with E-state index in [1.807, 2.05) is 32.0 Å². The predicted molar refractivity (Wildman–Crippen MR) is 54.4 cm³/mol. The first-order chi connectivity index (χ1) is 6.24. The quantitative estimate of drug-likeness (QED) is 0.659. The van der Waals surface area contributed by atoms with Crippen LogP contribution in [0.25, 0.3) is 0 Å². The Morgan fingerprint density at radius 2 is 2.00 bits per heavy atom. The zero-order chi connectivity index (χ0) is 10.3. The van der Waals surface area contributed by atoms with Crippen molar-refractivity contribution in [2.24, 2.45) is 0 Å². The molecule has 0 amide bonds. The topological polar surface area (TPSA) is 36.7 Å². The minimum atomic E-state index is 0.463. The van der Waals surface area contributed by atoms with E-state index in [9.17, 15) is 0 Å². The lowest BCUT2D eigenvalue weighted by Gasteiger charge is -2.02. The molecule has 1 rings (SSSR count). The van der Waals surface area contributed by atoms with E-state index in [4.69, 9.17) is 5.26 Å². The molecule has 0 bridgehead atoms. The first kappa shape index (κ1) is 11.6. The van der Waals surface area contributed by atoms with Gasteiger partial charge >= 0.3 is 0 Å². The van der Waals surface area contributed by atoms with E-state index < -0.39 is 0 Å². The maximum absolute atomic E-state index is 8.53. The van der Waals surface area contributed by atoms with Crippen LogP contribution in [-0.2, 0) is 0 Å². The number of aromatic nitrogens is 1. The van der Waals surface area contributed by atoms with Crippen molar-refractivity contribution in [1.82, 2.24) is 4.98 Å². The van der Waals surface area contributed by atoms with E-state index in [1.54, 1.807) is 6.20 Å². The average molecular weight is 176 g/mol. The van der Waals surface area contributed by atoms with E-state index in [2.05, 4.69) is 18.8 Å². The third-order valence-electron chi connectivity index (χ3n) is 1.57. The van der Waals surface area contributed by atoms with Crippen molar-refractivity contribution >= 4 is 0 Å². The van der Waals surface area contributed by atoms with Crippen LogP contribution in [0.5, 0.6) is 0 Å². The minimum absolute atomic E-state index is 0.463. The van der Waals surface area contributed by atoms with Crippen LogP contribution in [0.4, 0.5) is 0 Å². The summed E-state index contributed by atoms with van der Waals surface area (Å²) in [6, 6.07) is 5.77. The van der Waals surface area contributed by atoms with Gasteiger partial charge in [-0.25, -0.2) is 4.98 Å². The molecule has 0 unspecified atom stereocenters. The van der Waals surface area contributed by atoms with Crippen LogP contribution in [-0.4, -0.2) is 4.98 Å². The first-order valence-corrected chi connectivity index (χ1v) is 4.60. The Morgan fingerprint density at radius 3 is 2.46 bits per heavy atom. The molecule has 0 aliphatic heterocycles.